The third-order valence-corrected chi connectivity index (χ3v) is 2.75. The molecule has 0 aromatic heterocycles. The van der Waals surface area contributed by atoms with Gasteiger partial charge in [-0.25, -0.2) is 0 Å². The molecule has 0 amide bonds. The molecule has 0 fully saturated rings. The Morgan fingerprint density at radius 2 is 2.12 bits per heavy atom. The van der Waals surface area contributed by atoms with E-state index in [9.17, 15) is 9.90 Å². The highest BCUT2D eigenvalue weighted by molar-refractivity contribution is 5.71. The Bertz CT molecular complexity index is 360. The number of carbonyl (C=O) groups excluding carboxylic acids is 1. The molecular formula is C13H18O3. The van der Waals surface area contributed by atoms with Gasteiger partial charge in [0.25, 0.3) is 0 Å². The molecule has 0 aliphatic heterocycles. The normalized spacial score (nSPS) is 14.2. The van der Waals surface area contributed by atoms with E-state index < -0.39 is 0 Å². The molecule has 0 radical (unpaired) electrons. The molecule has 0 bridgehead atoms. The molecule has 0 saturated heterocycles. The number of aromatic hydroxyl groups is 1. The van der Waals surface area contributed by atoms with Gasteiger partial charge in [-0.1, -0.05) is 26.0 Å². The minimum absolute atomic E-state index is 0.123. The van der Waals surface area contributed by atoms with Crippen LogP contribution < -0.4 is 0 Å². The van der Waals surface area contributed by atoms with Crippen LogP contribution in [0.3, 0.4) is 0 Å². The van der Waals surface area contributed by atoms with Gasteiger partial charge in [0.15, 0.2) is 0 Å². The van der Waals surface area contributed by atoms with Gasteiger partial charge in [-0.05, 0) is 30.0 Å². The molecule has 3 nitrogen and oxygen atoms in total. The first-order valence-electron chi connectivity index (χ1n) is 5.41. The van der Waals surface area contributed by atoms with E-state index in [1.54, 1.807) is 12.1 Å². The number of ether oxygens (including phenoxy) is 1. The molecule has 0 aliphatic carbocycles. The average molecular weight is 222 g/mol. The van der Waals surface area contributed by atoms with Crippen molar-refractivity contribution in [3.8, 4) is 5.75 Å². The molecule has 0 saturated carbocycles. The predicted molar refractivity (Wildman–Crippen MR) is 62.3 cm³/mol. The molecule has 88 valence electrons. The SMILES string of the molecule is COC(=O)C(C)CC(C)c1cccc(O)c1. The summed E-state index contributed by atoms with van der Waals surface area (Å²) in [5.74, 6) is 0.172. The van der Waals surface area contributed by atoms with E-state index in [1.165, 1.54) is 7.11 Å². The maximum atomic E-state index is 11.3. The van der Waals surface area contributed by atoms with Crippen LogP contribution in [0.25, 0.3) is 0 Å². The number of phenolic OH excluding ortho intramolecular Hbond substituents is 1. The van der Waals surface area contributed by atoms with E-state index in [0.717, 1.165) is 12.0 Å². The first-order valence-corrected chi connectivity index (χ1v) is 5.41. The summed E-state index contributed by atoms with van der Waals surface area (Å²) in [6.07, 6.45) is 0.718. The maximum absolute atomic E-state index is 11.3. The van der Waals surface area contributed by atoms with Crippen LogP contribution in [0.1, 0.15) is 31.7 Å². The zero-order chi connectivity index (χ0) is 12.1. The van der Waals surface area contributed by atoms with E-state index in [4.69, 9.17) is 0 Å². The number of carbonyl (C=O) groups is 1. The lowest BCUT2D eigenvalue weighted by atomic mass is 9.91. The van der Waals surface area contributed by atoms with Gasteiger partial charge in [0.2, 0.25) is 0 Å². The predicted octanol–water partition coefficient (Wildman–Crippen LogP) is 2.69. The minimum atomic E-state index is -0.188. The van der Waals surface area contributed by atoms with Gasteiger partial charge in [-0.15, -0.1) is 0 Å². The average Bonchev–Trinajstić information content (AvgIpc) is 2.27. The second-order valence-electron chi connectivity index (χ2n) is 4.16. The standard InChI is InChI=1S/C13H18O3/c1-9(7-10(2)13(15)16-3)11-5-4-6-12(14)8-11/h4-6,8-10,14H,7H2,1-3H3. The van der Waals surface area contributed by atoms with Crippen LogP contribution in [0.2, 0.25) is 0 Å². The van der Waals surface area contributed by atoms with E-state index in [2.05, 4.69) is 4.74 Å². The van der Waals surface area contributed by atoms with Gasteiger partial charge in [0, 0.05) is 0 Å². The third kappa shape index (κ3) is 3.26. The summed E-state index contributed by atoms with van der Waals surface area (Å²) in [7, 11) is 1.40. The Kier molecular flexibility index (Phi) is 4.35. The maximum Gasteiger partial charge on any atom is 0.308 e. The summed E-state index contributed by atoms with van der Waals surface area (Å²) >= 11 is 0. The van der Waals surface area contributed by atoms with Crippen LogP contribution in [-0.4, -0.2) is 18.2 Å². The van der Waals surface area contributed by atoms with Gasteiger partial charge in [-0.3, -0.25) is 4.79 Å². The number of hydrogen-bond acceptors (Lipinski definition) is 3. The molecule has 1 N–H and O–H groups in total. The molecular weight excluding hydrogens is 204 g/mol. The van der Waals surface area contributed by atoms with Crippen LogP contribution >= 0.6 is 0 Å². The van der Waals surface area contributed by atoms with Crippen LogP contribution in [-0.2, 0) is 9.53 Å². The molecule has 16 heavy (non-hydrogen) atoms. The summed E-state index contributed by atoms with van der Waals surface area (Å²) < 4.78 is 4.68. The van der Waals surface area contributed by atoms with E-state index in [-0.39, 0.29) is 23.6 Å². The van der Waals surface area contributed by atoms with E-state index in [0.29, 0.717) is 0 Å². The van der Waals surface area contributed by atoms with Crippen molar-refractivity contribution < 1.29 is 14.6 Å². The summed E-state index contributed by atoms with van der Waals surface area (Å²) in [5, 5.41) is 9.36. The number of rotatable bonds is 4. The van der Waals surface area contributed by atoms with Gasteiger partial charge in [-0.2, -0.15) is 0 Å². The number of methoxy groups -OCH3 is 1. The Hall–Kier alpha value is -1.51. The number of phenols is 1. The fourth-order valence-electron chi connectivity index (χ4n) is 1.80. The van der Waals surface area contributed by atoms with E-state index >= 15 is 0 Å². The van der Waals surface area contributed by atoms with Crippen LogP contribution in [0.15, 0.2) is 24.3 Å². The summed E-state index contributed by atoms with van der Waals surface area (Å²) in [5.41, 5.74) is 1.04. The van der Waals surface area contributed by atoms with Crippen molar-refractivity contribution in [2.45, 2.75) is 26.2 Å². The van der Waals surface area contributed by atoms with Crippen molar-refractivity contribution in [3.63, 3.8) is 0 Å². The molecule has 1 rings (SSSR count). The fourth-order valence-corrected chi connectivity index (χ4v) is 1.80. The Morgan fingerprint density at radius 1 is 1.44 bits per heavy atom. The van der Waals surface area contributed by atoms with Crippen LogP contribution in [0.5, 0.6) is 5.75 Å². The molecule has 2 atom stereocenters. The Balaban J connectivity index is 2.65. The molecule has 3 heteroatoms. The van der Waals surface area contributed by atoms with Crippen molar-refractivity contribution in [3.05, 3.63) is 29.8 Å². The van der Waals surface area contributed by atoms with Gasteiger partial charge in [0.1, 0.15) is 5.75 Å². The van der Waals surface area contributed by atoms with Gasteiger partial charge < -0.3 is 9.84 Å². The summed E-state index contributed by atoms with van der Waals surface area (Å²) in [4.78, 5) is 11.3. The first-order chi connectivity index (χ1) is 7.54. The van der Waals surface area contributed by atoms with E-state index in [1.807, 2.05) is 26.0 Å². The van der Waals surface area contributed by atoms with Gasteiger partial charge >= 0.3 is 5.97 Å². The minimum Gasteiger partial charge on any atom is -0.508 e. The Labute approximate surface area is 96.1 Å². The molecule has 1 aromatic rings. The highest BCUT2D eigenvalue weighted by Crippen LogP contribution is 2.26. The highest BCUT2D eigenvalue weighted by Gasteiger charge is 2.17. The molecule has 1 aromatic carbocycles. The zero-order valence-corrected chi connectivity index (χ0v) is 9.93. The Morgan fingerprint density at radius 3 is 2.69 bits per heavy atom. The topological polar surface area (TPSA) is 46.5 Å². The summed E-state index contributed by atoms with van der Waals surface area (Å²) in [6.45, 7) is 3.89. The van der Waals surface area contributed by atoms with Crippen LogP contribution in [0, 0.1) is 5.92 Å². The van der Waals surface area contributed by atoms with Crippen molar-refractivity contribution in [1.29, 1.82) is 0 Å². The van der Waals surface area contributed by atoms with Crippen molar-refractivity contribution in [2.75, 3.05) is 7.11 Å². The summed E-state index contributed by atoms with van der Waals surface area (Å²) in [6, 6.07) is 7.13. The first kappa shape index (κ1) is 12.6. The number of esters is 1. The monoisotopic (exact) mass is 222 g/mol. The highest BCUT2D eigenvalue weighted by atomic mass is 16.5. The second kappa shape index (κ2) is 5.54. The molecule has 0 heterocycles. The fraction of sp³-hybridized carbons (Fsp3) is 0.462. The van der Waals surface area contributed by atoms with Crippen LogP contribution in [0.4, 0.5) is 0 Å². The lowest BCUT2D eigenvalue weighted by molar-refractivity contribution is -0.145. The van der Waals surface area contributed by atoms with Crippen molar-refractivity contribution in [1.82, 2.24) is 0 Å². The van der Waals surface area contributed by atoms with Crippen molar-refractivity contribution in [2.24, 2.45) is 5.92 Å². The quantitative estimate of drug-likeness (QED) is 0.797. The smallest absolute Gasteiger partial charge is 0.308 e. The van der Waals surface area contributed by atoms with Gasteiger partial charge in [0.05, 0.1) is 13.0 Å². The molecule has 0 spiro atoms. The molecule has 0 aliphatic rings. The van der Waals surface area contributed by atoms with Crippen molar-refractivity contribution >= 4 is 5.97 Å². The second-order valence-corrected chi connectivity index (χ2v) is 4.16. The molecule has 2 unspecified atom stereocenters. The lowest BCUT2D eigenvalue weighted by Crippen LogP contribution is -2.15. The third-order valence-electron chi connectivity index (χ3n) is 2.75. The lowest BCUT2D eigenvalue weighted by Gasteiger charge is -2.16. The largest absolute Gasteiger partial charge is 0.508 e. The number of hydrogen-bond donors (Lipinski definition) is 1. The number of benzene rings is 1. The zero-order valence-electron chi connectivity index (χ0n) is 9.93.